The molecule has 1 aliphatic rings. The van der Waals surface area contributed by atoms with Gasteiger partial charge in [-0.05, 0) is 49.9 Å². The molecule has 4 rings (SSSR count). The Kier molecular flexibility index (Phi) is 9.06. The molecule has 1 aliphatic heterocycles. The van der Waals surface area contributed by atoms with Gasteiger partial charge in [0.05, 0.1) is 6.04 Å². The van der Waals surface area contributed by atoms with E-state index >= 15 is 0 Å². The molecular weight excluding hydrogens is 543 g/mol. The maximum atomic E-state index is 14.1. The van der Waals surface area contributed by atoms with Crippen LogP contribution in [0.3, 0.4) is 0 Å². The van der Waals surface area contributed by atoms with Crippen molar-refractivity contribution in [2.45, 2.75) is 51.5 Å². The Morgan fingerprint density at radius 3 is 2.48 bits per heavy atom. The molecule has 0 saturated carbocycles. The minimum absolute atomic E-state index is 0.0319. The van der Waals surface area contributed by atoms with Crippen LogP contribution >= 0.6 is 0 Å². The third-order valence-corrected chi connectivity index (χ3v) is 5.97. The van der Waals surface area contributed by atoms with Crippen molar-refractivity contribution in [3.63, 3.8) is 0 Å². The Bertz CT molecular complexity index is 1460. The number of rotatable bonds is 6. The van der Waals surface area contributed by atoms with Crippen LogP contribution < -0.4 is 21.9 Å². The SMILES string of the molecule is Cc1cc(F)c(F)c(CNc2ncc3n(c2=O)[C@H](C(=O)N[C@H](C)c2ccc(N)nc2)CC3)c1.O=C(O)C(F)(F)F. The zero-order valence-electron chi connectivity index (χ0n) is 21.2. The highest BCUT2D eigenvalue weighted by Crippen LogP contribution is 2.25. The van der Waals surface area contributed by atoms with E-state index in [1.165, 1.54) is 16.8 Å². The molecule has 0 fully saturated rings. The molecule has 10 nitrogen and oxygen atoms in total. The number of aromatic nitrogens is 3. The van der Waals surface area contributed by atoms with Crippen molar-refractivity contribution in [2.75, 3.05) is 11.1 Å². The first-order valence-electron chi connectivity index (χ1n) is 11.8. The van der Waals surface area contributed by atoms with Crippen molar-refractivity contribution in [1.29, 1.82) is 0 Å². The summed E-state index contributed by atoms with van der Waals surface area (Å²) in [6.45, 7) is 3.35. The van der Waals surface area contributed by atoms with E-state index in [0.717, 1.165) is 11.6 Å². The van der Waals surface area contributed by atoms with Gasteiger partial charge in [-0.2, -0.15) is 13.2 Å². The quantitative estimate of drug-likeness (QED) is 0.330. The molecule has 5 N–H and O–H groups in total. The maximum Gasteiger partial charge on any atom is 0.490 e. The van der Waals surface area contributed by atoms with Gasteiger partial charge in [0.2, 0.25) is 5.91 Å². The van der Waals surface area contributed by atoms with Crippen molar-refractivity contribution in [1.82, 2.24) is 19.9 Å². The minimum Gasteiger partial charge on any atom is -0.475 e. The van der Waals surface area contributed by atoms with Crippen molar-refractivity contribution in [2.24, 2.45) is 0 Å². The number of carbonyl (C=O) groups excluding carboxylic acids is 1. The molecule has 2 atom stereocenters. The lowest BCUT2D eigenvalue weighted by Crippen LogP contribution is -2.37. The van der Waals surface area contributed by atoms with Crippen LogP contribution in [0.25, 0.3) is 0 Å². The van der Waals surface area contributed by atoms with E-state index in [1.807, 2.05) is 6.92 Å². The number of nitrogens with two attached hydrogens (primary N) is 1. The first-order chi connectivity index (χ1) is 18.7. The number of benzene rings is 1. The molecule has 40 heavy (non-hydrogen) atoms. The van der Waals surface area contributed by atoms with Gasteiger partial charge >= 0.3 is 12.1 Å². The Morgan fingerprint density at radius 1 is 1.20 bits per heavy atom. The Morgan fingerprint density at radius 2 is 1.88 bits per heavy atom. The predicted molar refractivity (Wildman–Crippen MR) is 133 cm³/mol. The molecule has 15 heteroatoms. The van der Waals surface area contributed by atoms with E-state index in [1.54, 1.807) is 25.3 Å². The average Bonchev–Trinajstić information content (AvgIpc) is 3.31. The average molecular weight is 569 g/mol. The lowest BCUT2D eigenvalue weighted by Gasteiger charge is -2.19. The van der Waals surface area contributed by atoms with Gasteiger partial charge in [-0.15, -0.1) is 0 Å². The molecule has 0 saturated heterocycles. The van der Waals surface area contributed by atoms with E-state index in [9.17, 15) is 31.5 Å². The number of nitrogens with one attached hydrogen (secondary N) is 2. The monoisotopic (exact) mass is 568 g/mol. The standard InChI is InChI=1S/C23H24F2N6O2.C2HF3O2/c1-12-7-15(20(25)17(24)8-12)10-28-21-23(33)31-16(11-29-21)4-5-18(31)22(32)30-13(2)14-3-6-19(26)27-9-14;3-2(4,5)1(6)7/h3,6-9,11,13,18H,4-5,10H2,1-2H3,(H2,26,27)(H,28,29)(H,30,32);(H,6,7)/t13-,18+;/m1./s1. The van der Waals surface area contributed by atoms with Crippen LogP contribution in [0.5, 0.6) is 0 Å². The highest BCUT2D eigenvalue weighted by molar-refractivity contribution is 5.81. The number of fused-ring (bicyclic) bond motifs is 1. The first kappa shape index (κ1) is 30.0. The molecule has 0 radical (unpaired) electrons. The summed E-state index contributed by atoms with van der Waals surface area (Å²) in [6, 6.07) is 5.00. The van der Waals surface area contributed by atoms with Crippen molar-refractivity contribution in [3.8, 4) is 0 Å². The van der Waals surface area contributed by atoms with E-state index in [2.05, 4.69) is 20.6 Å². The van der Waals surface area contributed by atoms with Crippen LogP contribution in [-0.4, -0.2) is 37.7 Å². The second-order valence-corrected chi connectivity index (χ2v) is 8.95. The number of alkyl halides is 3. The highest BCUT2D eigenvalue weighted by atomic mass is 19.4. The fourth-order valence-corrected chi connectivity index (χ4v) is 3.98. The second-order valence-electron chi connectivity index (χ2n) is 8.95. The zero-order chi connectivity index (χ0) is 29.8. The van der Waals surface area contributed by atoms with Gasteiger partial charge in [-0.3, -0.25) is 14.2 Å². The van der Waals surface area contributed by atoms with Gasteiger partial charge in [-0.1, -0.05) is 12.1 Å². The minimum atomic E-state index is -5.08. The third-order valence-electron chi connectivity index (χ3n) is 5.97. The number of nitrogens with zero attached hydrogens (tertiary/aromatic N) is 3. The summed E-state index contributed by atoms with van der Waals surface area (Å²) in [5, 5.41) is 12.8. The fraction of sp³-hybridized carbons (Fsp3) is 0.320. The number of pyridine rings is 1. The summed E-state index contributed by atoms with van der Waals surface area (Å²) in [5.41, 5.74) is 7.19. The summed E-state index contributed by atoms with van der Waals surface area (Å²) < 4.78 is 60.9. The highest BCUT2D eigenvalue weighted by Gasteiger charge is 2.38. The van der Waals surface area contributed by atoms with Crippen LogP contribution in [0, 0.1) is 18.6 Å². The number of amides is 1. The third kappa shape index (κ3) is 7.09. The van der Waals surface area contributed by atoms with Gasteiger partial charge in [-0.25, -0.2) is 23.5 Å². The smallest absolute Gasteiger partial charge is 0.475 e. The molecule has 1 amide bonds. The normalized spacial score (nSPS) is 14.9. The van der Waals surface area contributed by atoms with Crippen molar-refractivity contribution >= 4 is 23.5 Å². The number of carbonyl (C=O) groups is 2. The predicted octanol–water partition coefficient (Wildman–Crippen LogP) is 3.42. The summed E-state index contributed by atoms with van der Waals surface area (Å²) in [7, 11) is 0. The lowest BCUT2D eigenvalue weighted by molar-refractivity contribution is -0.192. The Balaban J connectivity index is 0.000000559. The molecule has 1 aromatic carbocycles. The van der Waals surface area contributed by atoms with Gasteiger partial charge in [0, 0.05) is 30.2 Å². The van der Waals surface area contributed by atoms with Crippen LogP contribution in [0.2, 0.25) is 0 Å². The zero-order valence-corrected chi connectivity index (χ0v) is 21.2. The molecular formula is C25H25F5N6O4. The molecule has 214 valence electrons. The maximum absolute atomic E-state index is 14.1. The van der Waals surface area contributed by atoms with Crippen molar-refractivity contribution in [3.05, 3.63) is 81.0 Å². The number of aliphatic carboxylic acids is 1. The van der Waals surface area contributed by atoms with E-state index in [0.29, 0.717) is 29.9 Å². The fourth-order valence-electron chi connectivity index (χ4n) is 3.98. The van der Waals surface area contributed by atoms with Gasteiger partial charge < -0.3 is 21.5 Å². The number of aryl methyl sites for hydroxylation is 2. The molecule has 0 aliphatic carbocycles. The molecule has 3 aromatic rings. The molecule has 2 aromatic heterocycles. The van der Waals surface area contributed by atoms with E-state index in [-0.39, 0.29) is 29.9 Å². The summed E-state index contributed by atoms with van der Waals surface area (Å²) in [4.78, 5) is 43.1. The number of halogens is 5. The Hall–Kier alpha value is -4.56. The molecule has 3 heterocycles. The molecule has 0 spiro atoms. The summed E-state index contributed by atoms with van der Waals surface area (Å²) in [5.74, 6) is -4.63. The number of carboxylic acid groups (broad SMARTS) is 1. The van der Waals surface area contributed by atoms with Crippen LogP contribution in [0.4, 0.5) is 33.6 Å². The number of anilines is 2. The van der Waals surface area contributed by atoms with Crippen LogP contribution in [-0.2, 0) is 22.6 Å². The first-order valence-corrected chi connectivity index (χ1v) is 11.8. The van der Waals surface area contributed by atoms with Crippen molar-refractivity contribution < 1.29 is 36.6 Å². The molecule has 0 unspecified atom stereocenters. The van der Waals surface area contributed by atoms with Gasteiger partial charge in [0.25, 0.3) is 5.56 Å². The summed E-state index contributed by atoms with van der Waals surface area (Å²) >= 11 is 0. The Labute approximate surface area is 224 Å². The van der Waals surface area contributed by atoms with Crippen LogP contribution in [0.15, 0.2) is 41.5 Å². The number of carboxylic acids is 1. The number of hydrogen-bond acceptors (Lipinski definition) is 7. The topological polar surface area (TPSA) is 152 Å². The number of nitrogen functional groups attached to an aromatic ring is 1. The van der Waals surface area contributed by atoms with E-state index in [4.69, 9.17) is 15.6 Å². The van der Waals surface area contributed by atoms with Gasteiger partial charge in [0.1, 0.15) is 11.9 Å². The number of hydrogen-bond donors (Lipinski definition) is 4. The van der Waals surface area contributed by atoms with E-state index < -0.39 is 35.4 Å². The molecule has 0 bridgehead atoms. The van der Waals surface area contributed by atoms with Gasteiger partial charge in [0.15, 0.2) is 17.5 Å². The summed E-state index contributed by atoms with van der Waals surface area (Å²) in [6.07, 6.45) is -0.988. The largest absolute Gasteiger partial charge is 0.490 e. The second kappa shape index (κ2) is 12.1. The lowest BCUT2D eigenvalue weighted by atomic mass is 10.1. The van der Waals surface area contributed by atoms with Crippen LogP contribution in [0.1, 0.15) is 47.8 Å².